The van der Waals surface area contributed by atoms with Crippen molar-refractivity contribution in [2.24, 2.45) is 5.92 Å². The second-order valence-electron chi connectivity index (χ2n) is 4.32. The van der Waals surface area contributed by atoms with Crippen LogP contribution in [0, 0.1) is 31.1 Å². The van der Waals surface area contributed by atoms with E-state index in [1.54, 1.807) is 7.11 Å². The topological polar surface area (TPSA) is 57.9 Å². The Morgan fingerprint density at radius 1 is 1.53 bits per heavy atom. The van der Waals surface area contributed by atoms with E-state index in [0.29, 0.717) is 18.1 Å². The number of methoxy groups -OCH3 is 1. The largest absolute Gasteiger partial charge is 0.384 e. The summed E-state index contributed by atoms with van der Waals surface area (Å²) in [5, 5.41) is 12.4. The van der Waals surface area contributed by atoms with Crippen molar-refractivity contribution >= 4 is 5.69 Å². The smallest absolute Gasteiger partial charge is 0.103 e. The van der Waals surface area contributed by atoms with Gasteiger partial charge in [-0.3, -0.25) is 4.98 Å². The molecule has 0 fully saturated rings. The Kier molecular flexibility index (Phi) is 4.92. The normalized spacial score (nSPS) is 11.9. The number of ether oxygens (including phenoxy) is 1. The summed E-state index contributed by atoms with van der Waals surface area (Å²) in [4.78, 5) is 4.28. The molecule has 0 saturated carbocycles. The van der Waals surface area contributed by atoms with Crippen LogP contribution in [0.3, 0.4) is 0 Å². The Hall–Kier alpha value is -1.60. The number of anilines is 1. The zero-order chi connectivity index (χ0) is 12.8. The van der Waals surface area contributed by atoms with Crippen LogP contribution in [-0.4, -0.2) is 25.2 Å². The lowest BCUT2D eigenvalue weighted by Crippen LogP contribution is -2.16. The molecule has 92 valence electrons. The van der Waals surface area contributed by atoms with Crippen LogP contribution in [0.5, 0.6) is 0 Å². The molecule has 1 unspecified atom stereocenters. The van der Waals surface area contributed by atoms with Crippen LogP contribution in [0.1, 0.15) is 23.9 Å². The number of hydrogen-bond donors (Lipinski definition) is 1. The summed E-state index contributed by atoms with van der Waals surface area (Å²) >= 11 is 0. The van der Waals surface area contributed by atoms with E-state index in [1.165, 1.54) is 0 Å². The number of nitrogens with zero attached hydrogens (tertiary/aromatic N) is 2. The molecule has 1 rings (SSSR count). The molecular weight excluding hydrogens is 214 g/mol. The molecule has 4 nitrogen and oxygen atoms in total. The first kappa shape index (κ1) is 13.5. The zero-order valence-electron chi connectivity index (χ0n) is 10.9. The minimum absolute atomic E-state index is 0.403. The van der Waals surface area contributed by atoms with Gasteiger partial charge in [0.1, 0.15) is 6.07 Å². The second kappa shape index (κ2) is 6.21. The third-order valence-corrected chi connectivity index (χ3v) is 2.53. The zero-order valence-corrected chi connectivity index (χ0v) is 10.9. The fourth-order valence-corrected chi connectivity index (χ4v) is 1.74. The first-order chi connectivity index (χ1) is 8.08. The van der Waals surface area contributed by atoms with Gasteiger partial charge in [-0.05, 0) is 25.8 Å². The average molecular weight is 233 g/mol. The summed E-state index contributed by atoms with van der Waals surface area (Å²) in [6.45, 7) is 7.38. The van der Waals surface area contributed by atoms with E-state index in [2.05, 4.69) is 23.3 Å². The Bertz CT molecular complexity index is 423. The van der Waals surface area contributed by atoms with Crippen molar-refractivity contribution in [3.05, 3.63) is 23.0 Å². The maximum atomic E-state index is 9.10. The standard InChI is InChI=1S/C13H19N3O/c1-9(8-17-4)7-15-13-5-10(2)16-11(3)12(13)6-14/h5,9H,7-8H2,1-4H3,(H,15,16). The van der Waals surface area contributed by atoms with Crippen molar-refractivity contribution < 1.29 is 4.74 Å². The van der Waals surface area contributed by atoms with E-state index in [0.717, 1.165) is 23.6 Å². The van der Waals surface area contributed by atoms with Gasteiger partial charge in [-0.1, -0.05) is 6.92 Å². The predicted octanol–water partition coefficient (Wildman–Crippen LogP) is 2.26. The van der Waals surface area contributed by atoms with Gasteiger partial charge in [0.2, 0.25) is 0 Å². The quantitative estimate of drug-likeness (QED) is 0.847. The third kappa shape index (κ3) is 3.72. The first-order valence-corrected chi connectivity index (χ1v) is 5.69. The molecule has 4 heteroatoms. The van der Waals surface area contributed by atoms with E-state index >= 15 is 0 Å². The molecule has 0 aromatic carbocycles. The second-order valence-corrected chi connectivity index (χ2v) is 4.32. The highest BCUT2D eigenvalue weighted by molar-refractivity contribution is 5.59. The molecular formula is C13H19N3O. The van der Waals surface area contributed by atoms with E-state index in [9.17, 15) is 0 Å². The van der Waals surface area contributed by atoms with Crippen molar-refractivity contribution in [1.29, 1.82) is 5.26 Å². The van der Waals surface area contributed by atoms with Crippen LogP contribution in [0.4, 0.5) is 5.69 Å². The minimum atomic E-state index is 0.403. The van der Waals surface area contributed by atoms with Gasteiger partial charge in [0.05, 0.1) is 23.6 Å². The van der Waals surface area contributed by atoms with Crippen LogP contribution >= 0.6 is 0 Å². The van der Waals surface area contributed by atoms with E-state index in [1.807, 2.05) is 19.9 Å². The van der Waals surface area contributed by atoms with Crippen LogP contribution < -0.4 is 5.32 Å². The maximum absolute atomic E-state index is 9.10. The van der Waals surface area contributed by atoms with Crippen molar-refractivity contribution in [3.8, 4) is 6.07 Å². The summed E-state index contributed by atoms with van der Waals surface area (Å²) < 4.78 is 5.08. The number of nitrogens with one attached hydrogen (secondary N) is 1. The van der Waals surface area contributed by atoms with E-state index in [4.69, 9.17) is 10.00 Å². The summed E-state index contributed by atoms with van der Waals surface area (Å²) in [5.41, 5.74) is 3.18. The SMILES string of the molecule is COCC(C)CNc1cc(C)nc(C)c1C#N. The third-order valence-electron chi connectivity index (χ3n) is 2.53. The Morgan fingerprint density at radius 3 is 2.82 bits per heavy atom. The van der Waals surface area contributed by atoms with Gasteiger partial charge in [0.15, 0.2) is 0 Å². The van der Waals surface area contributed by atoms with Crippen molar-refractivity contribution in [2.45, 2.75) is 20.8 Å². The van der Waals surface area contributed by atoms with E-state index < -0.39 is 0 Å². The molecule has 0 spiro atoms. The number of nitriles is 1. The Morgan fingerprint density at radius 2 is 2.24 bits per heavy atom. The predicted molar refractivity (Wildman–Crippen MR) is 68.0 cm³/mol. The van der Waals surface area contributed by atoms with Crippen LogP contribution in [0.25, 0.3) is 0 Å². The molecule has 0 amide bonds. The maximum Gasteiger partial charge on any atom is 0.103 e. The van der Waals surface area contributed by atoms with Crippen molar-refractivity contribution in [3.63, 3.8) is 0 Å². The molecule has 0 aliphatic heterocycles. The van der Waals surface area contributed by atoms with Gasteiger partial charge in [-0.25, -0.2) is 0 Å². The molecule has 1 aromatic rings. The van der Waals surface area contributed by atoms with Gasteiger partial charge in [-0.15, -0.1) is 0 Å². The lowest BCUT2D eigenvalue weighted by molar-refractivity contribution is 0.164. The number of hydrogen-bond acceptors (Lipinski definition) is 4. The van der Waals surface area contributed by atoms with Crippen molar-refractivity contribution in [2.75, 3.05) is 25.6 Å². The van der Waals surface area contributed by atoms with Gasteiger partial charge in [-0.2, -0.15) is 5.26 Å². The molecule has 0 radical (unpaired) electrons. The number of pyridine rings is 1. The molecule has 0 saturated heterocycles. The summed E-state index contributed by atoms with van der Waals surface area (Å²) in [6.07, 6.45) is 0. The Balaban J connectivity index is 2.80. The van der Waals surface area contributed by atoms with Crippen molar-refractivity contribution in [1.82, 2.24) is 4.98 Å². The number of rotatable bonds is 5. The Labute approximate surface area is 103 Å². The minimum Gasteiger partial charge on any atom is -0.384 e. The lowest BCUT2D eigenvalue weighted by Gasteiger charge is -2.14. The van der Waals surface area contributed by atoms with Crippen LogP contribution in [0.15, 0.2) is 6.07 Å². The molecule has 1 atom stereocenters. The number of aromatic nitrogens is 1. The summed E-state index contributed by atoms with van der Waals surface area (Å²) in [6, 6.07) is 4.10. The monoisotopic (exact) mass is 233 g/mol. The van der Waals surface area contributed by atoms with Gasteiger partial charge in [0.25, 0.3) is 0 Å². The highest BCUT2D eigenvalue weighted by atomic mass is 16.5. The summed E-state index contributed by atoms with van der Waals surface area (Å²) in [5.74, 6) is 0.403. The highest BCUT2D eigenvalue weighted by Crippen LogP contribution is 2.18. The molecule has 1 N–H and O–H groups in total. The van der Waals surface area contributed by atoms with Gasteiger partial charge < -0.3 is 10.1 Å². The van der Waals surface area contributed by atoms with Crippen LogP contribution in [-0.2, 0) is 4.74 Å². The molecule has 1 heterocycles. The summed E-state index contributed by atoms with van der Waals surface area (Å²) in [7, 11) is 1.69. The van der Waals surface area contributed by atoms with Gasteiger partial charge in [0, 0.05) is 19.3 Å². The first-order valence-electron chi connectivity index (χ1n) is 5.69. The molecule has 0 aliphatic rings. The number of aryl methyl sites for hydroxylation is 2. The van der Waals surface area contributed by atoms with E-state index in [-0.39, 0.29) is 0 Å². The molecule has 17 heavy (non-hydrogen) atoms. The fraction of sp³-hybridized carbons (Fsp3) is 0.538. The average Bonchev–Trinajstić information content (AvgIpc) is 2.26. The molecule has 1 aromatic heterocycles. The fourth-order valence-electron chi connectivity index (χ4n) is 1.74. The highest BCUT2D eigenvalue weighted by Gasteiger charge is 2.09. The lowest BCUT2D eigenvalue weighted by atomic mass is 10.1. The van der Waals surface area contributed by atoms with Gasteiger partial charge >= 0.3 is 0 Å². The molecule has 0 aliphatic carbocycles. The van der Waals surface area contributed by atoms with Crippen LogP contribution in [0.2, 0.25) is 0 Å². The molecule has 0 bridgehead atoms.